The van der Waals surface area contributed by atoms with Crippen LogP contribution in [0, 0.1) is 5.92 Å². The van der Waals surface area contributed by atoms with E-state index in [0.29, 0.717) is 24.0 Å². The van der Waals surface area contributed by atoms with E-state index in [1.807, 2.05) is 6.07 Å². The van der Waals surface area contributed by atoms with Crippen LogP contribution in [-0.4, -0.2) is 29.3 Å². The van der Waals surface area contributed by atoms with Crippen LogP contribution in [0.4, 0.5) is 0 Å². The van der Waals surface area contributed by atoms with E-state index in [2.05, 4.69) is 48.7 Å². The molecule has 0 aromatic heterocycles. The molecule has 24 heavy (non-hydrogen) atoms. The van der Waals surface area contributed by atoms with E-state index in [1.165, 1.54) is 18.4 Å². The fourth-order valence-corrected chi connectivity index (χ4v) is 4.96. The molecule has 1 aromatic carbocycles. The van der Waals surface area contributed by atoms with Crippen LogP contribution in [0.1, 0.15) is 45.1 Å². The van der Waals surface area contributed by atoms with Crippen molar-refractivity contribution in [2.75, 3.05) is 0 Å². The van der Waals surface area contributed by atoms with Gasteiger partial charge in [0, 0.05) is 23.9 Å². The maximum atomic E-state index is 12.8. The van der Waals surface area contributed by atoms with Gasteiger partial charge in [0.15, 0.2) is 0 Å². The fourth-order valence-electron chi connectivity index (χ4n) is 3.79. The molecule has 0 saturated carbocycles. The molecule has 0 radical (unpaired) electrons. The van der Waals surface area contributed by atoms with Crippen molar-refractivity contribution in [1.82, 2.24) is 10.6 Å². The molecular formula is C19H29ClN2OS. The molecule has 3 atom stereocenters. The van der Waals surface area contributed by atoms with E-state index in [9.17, 15) is 4.79 Å². The van der Waals surface area contributed by atoms with Gasteiger partial charge in [-0.1, -0.05) is 44.2 Å². The molecule has 2 bridgehead atoms. The lowest BCUT2D eigenvalue weighted by Gasteiger charge is -2.31. The molecule has 1 aromatic rings. The van der Waals surface area contributed by atoms with Gasteiger partial charge in [0.1, 0.15) is 0 Å². The van der Waals surface area contributed by atoms with Gasteiger partial charge in [-0.25, -0.2) is 0 Å². The third-order valence-corrected chi connectivity index (χ3v) is 6.57. The molecule has 3 unspecified atom stereocenters. The molecule has 0 spiro atoms. The molecule has 2 saturated heterocycles. The van der Waals surface area contributed by atoms with Gasteiger partial charge >= 0.3 is 0 Å². The van der Waals surface area contributed by atoms with Gasteiger partial charge in [-0.2, -0.15) is 0 Å². The van der Waals surface area contributed by atoms with Gasteiger partial charge in [0.25, 0.3) is 0 Å². The summed E-state index contributed by atoms with van der Waals surface area (Å²) in [4.78, 5) is 12.8. The van der Waals surface area contributed by atoms with Crippen molar-refractivity contribution in [2.24, 2.45) is 5.92 Å². The number of carbonyl (C=O) groups is 1. The Morgan fingerprint density at radius 3 is 2.42 bits per heavy atom. The molecule has 3 nitrogen and oxygen atoms in total. The van der Waals surface area contributed by atoms with Crippen LogP contribution in [0.5, 0.6) is 0 Å². The zero-order valence-corrected chi connectivity index (χ0v) is 16.2. The highest BCUT2D eigenvalue weighted by Gasteiger charge is 2.35. The lowest BCUT2D eigenvalue weighted by atomic mass is 9.99. The van der Waals surface area contributed by atoms with Crippen LogP contribution in [0.15, 0.2) is 30.3 Å². The lowest BCUT2D eigenvalue weighted by Crippen LogP contribution is -2.50. The van der Waals surface area contributed by atoms with Crippen molar-refractivity contribution in [1.29, 1.82) is 0 Å². The number of benzene rings is 1. The molecule has 1 amide bonds. The van der Waals surface area contributed by atoms with Crippen LogP contribution >= 0.6 is 24.2 Å². The first-order valence-corrected chi connectivity index (χ1v) is 9.88. The molecule has 2 N–H and O–H groups in total. The second kappa shape index (κ2) is 9.12. The van der Waals surface area contributed by atoms with E-state index in [0.717, 1.165) is 18.6 Å². The zero-order valence-electron chi connectivity index (χ0n) is 14.5. The Labute approximate surface area is 156 Å². The number of amides is 1. The summed E-state index contributed by atoms with van der Waals surface area (Å²) in [5.41, 5.74) is 1.29. The summed E-state index contributed by atoms with van der Waals surface area (Å²) in [6.07, 6.45) is 4.73. The van der Waals surface area contributed by atoms with Gasteiger partial charge in [-0.05, 0) is 37.2 Å². The second-order valence-corrected chi connectivity index (χ2v) is 8.41. The molecular weight excluding hydrogens is 340 g/mol. The predicted octanol–water partition coefficient (Wildman–Crippen LogP) is 3.77. The van der Waals surface area contributed by atoms with Gasteiger partial charge in [-0.3, -0.25) is 4.79 Å². The van der Waals surface area contributed by atoms with Gasteiger partial charge in [0.2, 0.25) is 5.91 Å². The average molecular weight is 369 g/mol. The summed E-state index contributed by atoms with van der Waals surface area (Å²) < 4.78 is 0. The van der Waals surface area contributed by atoms with E-state index < -0.39 is 0 Å². The Morgan fingerprint density at radius 1 is 1.21 bits per heavy atom. The fraction of sp³-hybridized carbons (Fsp3) is 0.632. The van der Waals surface area contributed by atoms with E-state index >= 15 is 0 Å². The number of piperidine rings is 1. The molecule has 0 aliphatic carbocycles. The first kappa shape index (κ1) is 19.6. The first-order chi connectivity index (χ1) is 11.1. The third kappa shape index (κ3) is 5.14. The number of hydrogen-bond acceptors (Lipinski definition) is 3. The van der Waals surface area contributed by atoms with Gasteiger partial charge in [-0.15, -0.1) is 24.2 Å². The Morgan fingerprint density at radius 2 is 1.83 bits per heavy atom. The van der Waals surface area contributed by atoms with E-state index in [4.69, 9.17) is 0 Å². The highest BCUT2D eigenvalue weighted by Crippen LogP contribution is 2.28. The average Bonchev–Trinajstić information content (AvgIpc) is 2.87. The number of nitrogens with one attached hydrogen (secondary N) is 2. The minimum Gasteiger partial charge on any atom is -0.352 e. The second-order valence-electron chi connectivity index (χ2n) is 7.28. The van der Waals surface area contributed by atoms with Crippen LogP contribution in [0.3, 0.4) is 0 Å². The molecule has 2 aliphatic heterocycles. The van der Waals surface area contributed by atoms with Crippen LogP contribution < -0.4 is 10.6 Å². The van der Waals surface area contributed by atoms with E-state index in [1.54, 1.807) is 11.8 Å². The highest BCUT2D eigenvalue weighted by atomic mass is 35.5. The maximum Gasteiger partial charge on any atom is 0.233 e. The van der Waals surface area contributed by atoms with Gasteiger partial charge in [0.05, 0.1) is 5.25 Å². The number of halogens is 1. The van der Waals surface area contributed by atoms with Crippen molar-refractivity contribution in [3.8, 4) is 0 Å². The Hall–Kier alpha value is -0.710. The Balaban J connectivity index is 0.00000208. The lowest BCUT2D eigenvalue weighted by molar-refractivity contribution is -0.122. The Kier molecular flexibility index (Phi) is 7.45. The summed E-state index contributed by atoms with van der Waals surface area (Å²) in [6.45, 7) is 4.29. The molecule has 5 heteroatoms. The quantitative estimate of drug-likeness (QED) is 0.803. The molecule has 2 heterocycles. The first-order valence-electron chi connectivity index (χ1n) is 8.83. The number of carbonyl (C=O) groups excluding carboxylic acids is 1. The van der Waals surface area contributed by atoms with Crippen molar-refractivity contribution in [2.45, 2.75) is 68.7 Å². The largest absolute Gasteiger partial charge is 0.352 e. The number of thioether (sulfide) groups is 1. The summed E-state index contributed by atoms with van der Waals surface area (Å²) in [5.74, 6) is 1.48. The summed E-state index contributed by atoms with van der Waals surface area (Å²) >= 11 is 1.77. The topological polar surface area (TPSA) is 41.1 Å². The van der Waals surface area contributed by atoms with Gasteiger partial charge < -0.3 is 10.6 Å². The Bertz CT molecular complexity index is 513. The van der Waals surface area contributed by atoms with Crippen LogP contribution in [0.2, 0.25) is 0 Å². The third-order valence-electron chi connectivity index (χ3n) is 4.96. The molecule has 134 valence electrons. The summed E-state index contributed by atoms with van der Waals surface area (Å²) in [7, 11) is 0. The van der Waals surface area contributed by atoms with Crippen LogP contribution in [0.25, 0.3) is 0 Å². The normalized spacial score (nSPS) is 26.7. The van der Waals surface area contributed by atoms with Crippen LogP contribution in [-0.2, 0) is 10.5 Å². The van der Waals surface area contributed by atoms with Crippen molar-refractivity contribution in [3.05, 3.63) is 35.9 Å². The summed E-state index contributed by atoms with van der Waals surface area (Å²) in [6, 6.07) is 12.0. The number of hydrogen-bond donors (Lipinski definition) is 2. The monoisotopic (exact) mass is 368 g/mol. The van der Waals surface area contributed by atoms with E-state index in [-0.39, 0.29) is 23.6 Å². The minimum absolute atomic E-state index is 0. The number of fused-ring (bicyclic) bond motifs is 2. The number of rotatable bonds is 6. The molecule has 3 rings (SSSR count). The molecule has 2 aliphatic rings. The maximum absolute atomic E-state index is 12.8. The predicted molar refractivity (Wildman–Crippen MR) is 105 cm³/mol. The molecule has 2 fully saturated rings. The van der Waals surface area contributed by atoms with Crippen molar-refractivity contribution >= 4 is 30.1 Å². The van der Waals surface area contributed by atoms with Crippen molar-refractivity contribution in [3.63, 3.8) is 0 Å². The highest BCUT2D eigenvalue weighted by molar-refractivity contribution is 7.99. The zero-order chi connectivity index (χ0) is 16.2. The minimum atomic E-state index is 0. The smallest absolute Gasteiger partial charge is 0.233 e. The van der Waals surface area contributed by atoms with Crippen molar-refractivity contribution < 1.29 is 4.79 Å². The standard InChI is InChI=1S/C19H28N2OS.ClH/c1-13(2)18(23-12-14-6-4-3-5-7-14)19(22)21-17-10-15-8-9-16(11-17)20-15;/h3-7,13,15-18,20H,8-12H2,1-2H3,(H,21,22);1H. The summed E-state index contributed by atoms with van der Waals surface area (Å²) in [5, 5.41) is 7.00. The SMILES string of the molecule is CC(C)C(SCc1ccccc1)C(=O)NC1CC2CCC(C1)N2.Cl.